The summed E-state index contributed by atoms with van der Waals surface area (Å²) in [4.78, 5) is 10.9. The van der Waals surface area contributed by atoms with Gasteiger partial charge < -0.3 is 10.5 Å². The SMILES string of the molecule is CCC(Oc1ccc(Br)cc1S(=O)(=O)Cl)C(N)=O. The number of hydrogen-bond acceptors (Lipinski definition) is 4. The molecule has 0 radical (unpaired) electrons. The lowest BCUT2D eigenvalue weighted by atomic mass is 10.2. The van der Waals surface area contributed by atoms with Gasteiger partial charge in [-0.3, -0.25) is 4.79 Å². The Morgan fingerprint density at radius 1 is 1.56 bits per heavy atom. The predicted octanol–water partition coefficient (Wildman–Crippen LogP) is 2.02. The highest BCUT2D eigenvalue weighted by Gasteiger charge is 2.22. The van der Waals surface area contributed by atoms with Crippen LogP contribution in [0.5, 0.6) is 5.75 Å². The molecule has 0 fully saturated rings. The molecule has 1 amide bonds. The Kier molecular flexibility index (Phi) is 5.01. The number of carbonyl (C=O) groups excluding carboxylic acids is 1. The Labute approximate surface area is 118 Å². The van der Waals surface area contributed by atoms with Crippen molar-refractivity contribution in [2.24, 2.45) is 5.73 Å². The molecule has 0 aliphatic rings. The van der Waals surface area contributed by atoms with E-state index in [1.807, 2.05) is 0 Å². The molecule has 0 aliphatic heterocycles. The lowest BCUT2D eigenvalue weighted by Crippen LogP contribution is -2.33. The second-order valence-corrected chi connectivity index (χ2v) is 6.90. The van der Waals surface area contributed by atoms with Crippen LogP contribution < -0.4 is 10.5 Å². The third-order valence-corrected chi connectivity index (χ3v) is 3.96. The van der Waals surface area contributed by atoms with Crippen molar-refractivity contribution in [2.75, 3.05) is 0 Å². The number of halogens is 2. The van der Waals surface area contributed by atoms with E-state index in [1.54, 1.807) is 13.0 Å². The van der Waals surface area contributed by atoms with E-state index in [0.29, 0.717) is 10.9 Å². The number of carbonyl (C=O) groups is 1. The predicted molar refractivity (Wildman–Crippen MR) is 71.1 cm³/mol. The molecule has 1 aromatic rings. The maximum atomic E-state index is 11.4. The summed E-state index contributed by atoms with van der Waals surface area (Å²) in [6.07, 6.45) is -0.573. The van der Waals surface area contributed by atoms with Crippen LogP contribution in [0.4, 0.5) is 0 Å². The van der Waals surface area contributed by atoms with Crippen LogP contribution in [0.1, 0.15) is 13.3 Å². The monoisotopic (exact) mass is 355 g/mol. The zero-order valence-electron chi connectivity index (χ0n) is 9.39. The van der Waals surface area contributed by atoms with Crippen molar-refractivity contribution in [3.63, 3.8) is 0 Å². The van der Waals surface area contributed by atoms with E-state index in [2.05, 4.69) is 15.9 Å². The number of nitrogens with two attached hydrogens (primary N) is 1. The highest BCUT2D eigenvalue weighted by atomic mass is 79.9. The van der Waals surface area contributed by atoms with Crippen molar-refractivity contribution in [2.45, 2.75) is 24.3 Å². The Balaban J connectivity index is 3.21. The van der Waals surface area contributed by atoms with Gasteiger partial charge in [0.2, 0.25) is 0 Å². The highest BCUT2D eigenvalue weighted by molar-refractivity contribution is 9.10. The molecular formula is C10H11BrClNO4S. The van der Waals surface area contributed by atoms with Gasteiger partial charge in [0.15, 0.2) is 6.10 Å². The molecule has 0 aliphatic carbocycles. The van der Waals surface area contributed by atoms with E-state index in [9.17, 15) is 13.2 Å². The minimum absolute atomic E-state index is 0.00106. The molecule has 1 rings (SSSR count). The molecule has 0 spiro atoms. The van der Waals surface area contributed by atoms with Gasteiger partial charge in [-0.05, 0) is 24.6 Å². The van der Waals surface area contributed by atoms with Gasteiger partial charge in [-0.15, -0.1) is 0 Å². The summed E-state index contributed by atoms with van der Waals surface area (Å²) in [7, 11) is 1.33. The number of benzene rings is 1. The highest BCUT2D eigenvalue weighted by Crippen LogP contribution is 2.30. The van der Waals surface area contributed by atoms with Crippen LogP contribution in [0.2, 0.25) is 0 Å². The van der Waals surface area contributed by atoms with Crippen LogP contribution in [0.3, 0.4) is 0 Å². The lowest BCUT2D eigenvalue weighted by molar-refractivity contribution is -0.124. The summed E-state index contributed by atoms with van der Waals surface area (Å²) in [6.45, 7) is 1.70. The average Bonchev–Trinajstić information content (AvgIpc) is 2.25. The maximum Gasteiger partial charge on any atom is 0.265 e. The van der Waals surface area contributed by atoms with E-state index in [4.69, 9.17) is 21.2 Å². The molecule has 1 unspecified atom stereocenters. The smallest absolute Gasteiger partial charge is 0.265 e. The van der Waals surface area contributed by atoms with Crippen molar-refractivity contribution in [1.82, 2.24) is 0 Å². The fraction of sp³-hybridized carbons (Fsp3) is 0.300. The van der Waals surface area contributed by atoms with Crippen molar-refractivity contribution < 1.29 is 17.9 Å². The molecule has 0 aromatic heterocycles. The van der Waals surface area contributed by atoms with Crippen LogP contribution in [0.15, 0.2) is 27.6 Å². The lowest BCUT2D eigenvalue weighted by Gasteiger charge is -2.16. The summed E-state index contributed by atoms with van der Waals surface area (Å²) >= 11 is 3.13. The van der Waals surface area contributed by atoms with Gasteiger partial charge in [0.05, 0.1) is 0 Å². The van der Waals surface area contributed by atoms with Crippen LogP contribution in [0, 0.1) is 0 Å². The molecule has 0 saturated carbocycles. The molecular weight excluding hydrogens is 346 g/mol. The van der Waals surface area contributed by atoms with Gasteiger partial charge in [0.1, 0.15) is 10.6 Å². The minimum atomic E-state index is -3.97. The minimum Gasteiger partial charge on any atom is -0.479 e. The first-order valence-corrected chi connectivity index (χ1v) is 8.06. The number of ether oxygens (including phenoxy) is 1. The molecule has 0 bridgehead atoms. The summed E-state index contributed by atoms with van der Waals surface area (Å²) in [5.74, 6) is -0.669. The van der Waals surface area contributed by atoms with E-state index < -0.39 is 21.1 Å². The summed E-state index contributed by atoms with van der Waals surface area (Å²) < 4.78 is 28.6. The molecule has 5 nitrogen and oxygen atoms in total. The van der Waals surface area contributed by atoms with Crippen LogP contribution in [0.25, 0.3) is 0 Å². The summed E-state index contributed by atoms with van der Waals surface area (Å²) in [6, 6.07) is 4.28. The maximum absolute atomic E-state index is 11.4. The van der Waals surface area contributed by atoms with Crippen molar-refractivity contribution in [3.05, 3.63) is 22.7 Å². The number of hydrogen-bond donors (Lipinski definition) is 1. The third kappa shape index (κ3) is 3.86. The topological polar surface area (TPSA) is 86.5 Å². The fourth-order valence-corrected chi connectivity index (χ4v) is 2.76. The van der Waals surface area contributed by atoms with E-state index in [1.165, 1.54) is 12.1 Å². The molecule has 100 valence electrons. The summed E-state index contributed by atoms with van der Waals surface area (Å²) in [5.41, 5.74) is 5.13. The fourth-order valence-electron chi connectivity index (χ4n) is 1.27. The molecule has 18 heavy (non-hydrogen) atoms. The van der Waals surface area contributed by atoms with Gasteiger partial charge in [0.25, 0.3) is 15.0 Å². The molecule has 0 saturated heterocycles. The second kappa shape index (κ2) is 5.90. The molecule has 2 N–H and O–H groups in total. The number of amides is 1. The Bertz CT molecular complexity index is 561. The van der Waals surface area contributed by atoms with Crippen LogP contribution in [-0.2, 0) is 13.8 Å². The Morgan fingerprint density at radius 3 is 2.61 bits per heavy atom. The second-order valence-electron chi connectivity index (χ2n) is 3.45. The van der Waals surface area contributed by atoms with Gasteiger partial charge >= 0.3 is 0 Å². The zero-order valence-corrected chi connectivity index (χ0v) is 12.5. The van der Waals surface area contributed by atoms with Crippen LogP contribution >= 0.6 is 26.6 Å². The standard InChI is InChI=1S/C10H11BrClNO4S/c1-2-7(10(13)14)17-8-4-3-6(11)5-9(8)18(12,15)16/h3-5,7H,2H2,1H3,(H2,13,14). The van der Waals surface area contributed by atoms with E-state index in [0.717, 1.165) is 0 Å². The first kappa shape index (κ1) is 15.3. The van der Waals surface area contributed by atoms with Crippen molar-refractivity contribution in [3.8, 4) is 5.75 Å². The third-order valence-electron chi connectivity index (χ3n) is 2.13. The first-order chi connectivity index (χ1) is 8.25. The van der Waals surface area contributed by atoms with Gasteiger partial charge in [0, 0.05) is 15.2 Å². The Hall–Kier alpha value is -0.790. The number of primary amides is 1. The van der Waals surface area contributed by atoms with Crippen molar-refractivity contribution >= 4 is 41.6 Å². The number of rotatable bonds is 5. The van der Waals surface area contributed by atoms with Crippen molar-refractivity contribution in [1.29, 1.82) is 0 Å². The molecule has 8 heteroatoms. The largest absolute Gasteiger partial charge is 0.479 e. The molecule has 0 heterocycles. The molecule has 1 atom stereocenters. The van der Waals surface area contributed by atoms with Gasteiger partial charge in [-0.1, -0.05) is 22.9 Å². The van der Waals surface area contributed by atoms with Crippen LogP contribution in [-0.4, -0.2) is 20.4 Å². The Morgan fingerprint density at radius 2 is 2.17 bits per heavy atom. The van der Waals surface area contributed by atoms with Gasteiger partial charge in [-0.25, -0.2) is 8.42 Å². The normalized spacial score (nSPS) is 13.1. The molecule has 1 aromatic carbocycles. The van der Waals surface area contributed by atoms with Gasteiger partial charge in [-0.2, -0.15) is 0 Å². The summed E-state index contributed by atoms with van der Waals surface area (Å²) in [5, 5.41) is 0. The van der Waals surface area contributed by atoms with E-state index >= 15 is 0 Å². The zero-order chi connectivity index (χ0) is 13.9. The quantitative estimate of drug-likeness (QED) is 0.818. The van der Waals surface area contributed by atoms with E-state index in [-0.39, 0.29) is 10.6 Å². The average molecular weight is 357 g/mol. The first-order valence-electron chi connectivity index (χ1n) is 4.96.